The van der Waals surface area contributed by atoms with Crippen LogP contribution in [0.1, 0.15) is 42.7 Å². The molecule has 112 valence electrons. The Bertz CT molecular complexity index is 594. The van der Waals surface area contributed by atoms with Crippen molar-refractivity contribution in [1.29, 1.82) is 0 Å². The largest absolute Gasteiger partial charge is 0.316 e. The molecule has 1 atom stereocenters. The summed E-state index contributed by atoms with van der Waals surface area (Å²) in [5.74, 6) is 0.570. The van der Waals surface area contributed by atoms with Crippen molar-refractivity contribution in [3.8, 4) is 10.7 Å². The number of rotatable bonds is 5. The van der Waals surface area contributed by atoms with Crippen molar-refractivity contribution in [3.63, 3.8) is 0 Å². The first-order chi connectivity index (χ1) is 10.3. The van der Waals surface area contributed by atoms with Crippen LogP contribution in [0.5, 0.6) is 0 Å². The van der Waals surface area contributed by atoms with E-state index in [-0.39, 0.29) is 0 Å². The molecule has 2 aromatic heterocycles. The first-order valence-electron chi connectivity index (χ1n) is 7.60. The van der Waals surface area contributed by atoms with Gasteiger partial charge < -0.3 is 5.32 Å². The van der Waals surface area contributed by atoms with Gasteiger partial charge in [-0.25, -0.2) is 4.98 Å². The zero-order valence-corrected chi connectivity index (χ0v) is 14.6. The molecule has 0 aliphatic heterocycles. The van der Waals surface area contributed by atoms with Gasteiger partial charge in [-0.3, -0.25) is 4.98 Å². The second kappa shape index (κ2) is 6.99. The number of fused-ring (bicyclic) bond motifs is 1. The van der Waals surface area contributed by atoms with E-state index in [2.05, 4.69) is 33.2 Å². The van der Waals surface area contributed by atoms with E-state index in [0.717, 1.165) is 28.3 Å². The third-order valence-corrected chi connectivity index (χ3v) is 5.46. The van der Waals surface area contributed by atoms with Gasteiger partial charge in [-0.15, -0.1) is 11.3 Å². The maximum absolute atomic E-state index is 4.91. The van der Waals surface area contributed by atoms with Crippen LogP contribution in [-0.4, -0.2) is 23.1 Å². The van der Waals surface area contributed by atoms with Gasteiger partial charge in [0.1, 0.15) is 5.01 Å². The minimum atomic E-state index is 0.570. The first kappa shape index (κ1) is 15.1. The van der Waals surface area contributed by atoms with E-state index in [4.69, 9.17) is 4.98 Å². The fraction of sp³-hybridized carbons (Fsp3) is 0.500. The lowest BCUT2D eigenvalue weighted by atomic mass is 9.91. The minimum absolute atomic E-state index is 0.570. The van der Waals surface area contributed by atoms with Gasteiger partial charge in [-0.05, 0) is 60.3 Å². The normalized spacial score (nSPS) is 17.7. The maximum atomic E-state index is 4.91. The van der Waals surface area contributed by atoms with E-state index in [1.807, 2.05) is 29.7 Å². The van der Waals surface area contributed by atoms with Crippen LogP contribution in [-0.2, 0) is 6.42 Å². The van der Waals surface area contributed by atoms with Crippen LogP contribution in [0.3, 0.4) is 0 Å². The molecular formula is C16H20BrN3S. The van der Waals surface area contributed by atoms with Crippen molar-refractivity contribution in [1.82, 2.24) is 15.3 Å². The Morgan fingerprint density at radius 1 is 1.43 bits per heavy atom. The Balaban J connectivity index is 1.82. The summed E-state index contributed by atoms with van der Waals surface area (Å²) >= 11 is 5.25. The lowest BCUT2D eigenvalue weighted by Gasteiger charge is -2.21. The third kappa shape index (κ3) is 3.52. The van der Waals surface area contributed by atoms with Crippen LogP contribution in [0, 0.1) is 0 Å². The molecule has 0 radical (unpaired) electrons. The zero-order valence-electron chi connectivity index (χ0n) is 12.2. The molecule has 3 rings (SSSR count). The Labute approximate surface area is 138 Å². The predicted octanol–water partition coefficient (Wildman–Crippen LogP) is 4.39. The van der Waals surface area contributed by atoms with Crippen molar-refractivity contribution in [2.24, 2.45) is 0 Å². The third-order valence-electron chi connectivity index (χ3n) is 3.83. The van der Waals surface area contributed by atoms with Crippen LogP contribution in [0.15, 0.2) is 22.8 Å². The maximum Gasteiger partial charge on any atom is 0.142 e. The molecule has 0 saturated carbocycles. The van der Waals surface area contributed by atoms with Gasteiger partial charge in [0.05, 0.1) is 11.4 Å². The van der Waals surface area contributed by atoms with Gasteiger partial charge >= 0.3 is 0 Å². The Hall–Kier alpha value is -0.780. The summed E-state index contributed by atoms with van der Waals surface area (Å²) in [5.41, 5.74) is 2.30. The van der Waals surface area contributed by atoms with E-state index < -0.39 is 0 Å². The lowest BCUT2D eigenvalue weighted by Crippen LogP contribution is -2.24. The van der Waals surface area contributed by atoms with Crippen molar-refractivity contribution in [3.05, 3.63) is 33.4 Å². The highest BCUT2D eigenvalue weighted by molar-refractivity contribution is 9.10. The fourth-order valence-electron chi connectivity index (χ4n) is 2.77. The molecule has 1 unspecified atom stereocenters. The molecule has 0 bridgehead atoms. The number of halogens is 1. The van der Waals surface area contributed by atoms with E-state index >= 15 is 0 Å². The van der Waals surface area contributed by atoms with Gasteiger partial charge in [-0.1, -0.05) is 6.92 Å². The average molecular weight is 366 g/mol. The van der Waals surface area contributed by atoms with Crippen molar-refractivity contribution in [2.45, 2.75) is 38.5 Å². The molecule has 2 aromatic rings. The summed E-state index contributed by atoms with van der Waals surface area (Å²) < 4.78 is 1.01. The molecule has 21 heavy (non-hydrogen) atoms. The number of aromatic nitrogens is 2. The summed E-state index contributed by atoms with van der Waals surface area (Å²) in [7, 11) is 0. The van der Waals surface area contributed by atoms with Crippen LogP contribution < -0.4 is 5.32 Å². The molecule has 0 spiro atoms. The summed E-state index contributed by atoms with van der Waals surface area (Å²) in [6, 6.07) is 4.07. The van der Waals surface area contributed by atoms with E-state index in [1.54, 1.807) is 0 Å². The summed E-state index contributed by atoms with van der Waals surface area (Å²) in [6.45, 7) is 4.36. The molecule has 1 aliphatic carbocycles. The molecule has 5 heteroatoms. The highest BCUT2D eigenvalue weighted by atomic mass is 79.9. The number of nitrogens with one attached hydrogen (secondary N) is 1. The lowest BCUT2D eigenvalue weighted by molar-refractivity contribution is 0.502. The van der Waals surface area contributed by atoms with Crippen LogP contribution in [0.4, 0.5) is 0 Å². The van der Waals surface area contributed by atoms with Crippen molar-refractivity contribution < 1.29 is 0 Å². The Morgan fingerprint density at radius 3 is 3.10 bits per heavy atom. The van der Waals surface area contributed by atoms with E-state index in [1.165, 1.54) is 36.3 Å². The summed E-state index contributed by atoms with van der Waals surface area (Å²) in [6.07, 6.45) is 6.73. The van der Waals surface area contributed by atoms with Gasteiger partial charge in [0.15, 0.2) is 0 Å². The highest BCUT2D eigenvalue weighted by Crippen LogP contribution is 2.37. The molecule has 0 aromatic carbocycles. The number of pyridine rings is 1. The monoisotopic (exact) mass is 365 g/mol. The van der Waals surface area contributed by atoms with Crippen LogP contribution in [0.2, 0.25) is 0 Å². The Kier molecular flexibility index (Phi) is 5.03. The van der Waals surface area contributed by atoms with Crippen molar-refractivity contribution in [2.75, 3.05) is 13.1 Å². The highest BCUT2D eigenvalue weighted by Gasteiger charge is 2.25. The first-order valence-corrected chi connectivity index (χ1v) is 9.21. The van der Waals surface area contributed by atoms with Gasteiger partial charge in [0.25, 0.3) is 0 Å². The Morgan fingerprint density at radius 2 is 2.33 bits per heavy atom. The molecule has 0 saturated heterocycles. The van der Waals surface area contributed by atoms with Gasteiger partial charge in [-0.2, -0.15) is 0 Å². The number of hydrogen-bond donors (Lipinski definition) is 1. The van der Waals surface area contributed by atoms with Gasteiger partial charge in [0, 0.05) is 28.0 Å². The molecule has 2 heterocycles. The van der Waals surface area contributed by atoms with Crippen LogP contribution >= 0.6 is 27.3 Å². The standard InChI is InChI=1S/C16H20BrN3S/c1-2-8-18-9-11-4-3-5-14-15(11)20-16(21-14)13-7-6-12(17)10-19-13/h6-7,10-11,18H,2-5,8-9H2,1H3. The SMILES string of the molecule is CCCNCC1CCCc2sc(-c3ccc(Br)cn3)nc21. The van der Waals surface area contributed by atoms with E-state index in [9.17, 15) is 0 Å². The molecule has 0 amide bonds. The molecule has 1 aliphatic rings. The van der Waals surface area contributed by atoms with Gasteiger partial charge in [0.2, 0.25) is 0 Å². The molecular weight excluding hydrogens is 346 g/mol. The van der Waals surface area contributed by atoms with E-state index in [0.29, 0.717) is 5.92 Å². The molecule has 1 N–H and O–H groups in total. The number of nitrogens with zero attached hydrogens (tertiary/aromatic N) is 2. The quantitative estimate of drug-likeness (QED) is 0.798. The zero-order chi connectivity index (χ0) is 14.7. The fourth-order valence-corrected chi connectivity index (χ4v) is 4.17. The second-order valence-corrected chi connectivity index (χ2v) is 7.48. The predicted molar refractivity (Wildman–Crippen MR) is 91.9 cm³/mol. The number of hydrogen-bond acceptors (Lipinski definition) is 4. The second-order valence-electron chi connectivity index (χ2n) is 5.48. The van der Waals surface area contributed by atoms with Crippen LogP contribution in [0.25, 0.3) is 10.7 Å². The topological polar surface area (TPSA) is 37.8 Å². The van der Waals surface area contributed by atoms with Crippen molar-refractivity contribution >= 4 is 27.3 Å². The molecule has 0 fully saturated rings. The summed E-state index contributed by atoms with van der Waals surface area (Å²) in [5, 5.41) is 4.61. The average Bonchev–Trinajstić information content (AvgIpc) is 2.93. The minimum Gasteiger partial charge on any atom is -0.316 e. The smallest absolute Gasteiger partial charge is 0.142 e. The molecule has 3 nitrogen and oxygen atoms in total. The number of aryl methyl sites for hydroxylation is 1. The number of thiazole rings is 1. The summed E-state index contributed by atoms with van der Waals surface area (Å²) in [4.78, 5) is 10.9.